The third kappa shape index (κ3) is 2.59. The van der Waals surface area contributed by atoms with E-state index in [0.717, 1.165) is 27.6 Å². The first-order valence-electron chi connectivity index (χ1n) is 6.36. The molecule has 0 saturated heterocycles. The SMILES string of the molecule is Cc1cc(-c2nc(Cl)c3ccc(Cl)c(C)c3n2)ccc1Cl. The minimum atomic E-state index is 0.419. The molecular weight excluding hydrogens is 327 g/mol. The lowest BCUT2D eigenvalue weighted by atomic mass is 10.1. The Labute approximate surface area is 137 Å². The van der Waals surface area contributed by atoms with Crippen LogP contribution in [0.5, 0.6) is 0 Å². The van der Waals surface area contributed by atoms with E-state index >= 15 is 0 Å². The molecule has 0 saturated carbocycles. The van der Waals surface area contributed by atoms with Gasteiger partial charge in [0.2, 0.25) is 0 Å². The van der Waals surface area contributed by atoms with E-state index in [-0.39, 0.29) is 0 Å². The fourth-order valence-corrected chi connectivity index (χ4v) is 2.69. The molecule has 0 bridgehead atoms. The summed E-state index contributed by atoms with van der Waals surface area (Å²) in [6, 6.07) is 9.30. The van der Waals surface area contributed by atoms with Crippen molar-refractivity contribution < 1.29 is 0 Å². The second-order valence-corrected chi connectivity index (χ2v) is 6.04. The summed E-state index contributed by atoms with van der Waals surface area (Å²) in [6.07, 6.45) is 0. The van der Waals surface area contributed by atoms with Gasteiger partial charge in [-0.25, -0.2) is 9.97 Å². The molecule has 0 spiro atoms. The van der Waals surface area contributed by atoms with E-state index in [1.807, 2.05) is 38.1 Å². The Bertz CT molecular complexity index is 860. The van der Waals surface area contributed by atoms with Gasteiger partial charge in [0.05, 0.1) is 5.52 Å². The van der Waals surface area contributed by atoms with Crippen LogP contribution in [-0.4, -0.2) is 9.97 Å². The molecule has 2 nitrogen and oxygen atoms in total. The normalized spacial score (nSPS) is 11.1. The van der Waals surface area contributed by atoms with Crippen LogP contribution in [0.2, 0.25) is 15.2 Å². The summed E-state index contributed by atoms with van der Waals surface area (Å²) in [6.45, 7) is 3.86. The third-order valence-corrected chi connectivity index (χ3v) is 4.55. The van der Waals surface area contributed by atoms with Crippen LogP contribution in [0, 0.1) is 13.8 Å². The predicted molar refractivity (Wildman–Crippen MR) is 89.5 cm³/mol. The number of fused-ring (bicyclic) bond motifs is 1. The number of benzene rings is 2. The molecule has 5 heteroatoms. The Kier molecular flexibility index (Phi) is 3.78. The van der Waals surface area contributed by atoms with Crippen molar-refractivity contribution in [2.45, 2.75) is 13.8 Å². The Morgan fingerprint density at radius 3 is 2.29 bits per heavy atom. The second-order valence-electron chi connectivity index (χ2n) is 4.87. The highest BCUT2D eigenvalue weighted by atomic mass is 35.5. The number of nitrogens with zero attached hydrogens (tertiary/aromatic N) is 2. The molecule has 106 valence electrons. The van der Waals surface area contributed by atoms with Gasteiger partial charge >= 0.3 is 0 Å². The summed E-state index contributed by atoms with van der Waals surface area (Å²) in [5.74, 6) is 0.567. The molecular formula is C16H11Cl3N2. The molecule has 1 aromatic heterocycles. The van der Waals surface area contributed by atoms with Crippen LogP contribution in [0.15, 0.2) is 30.3 Å². The van der Waals surface area contributed by atoms with Gasteiger partial charge in [0.15, 0.2) is 5.82 Å². The van der Waals surface area contributed by atoms with Crippen molar-refractivity contribution in [3.8, 4) is 11.4 Å². The van der Waals surface area contributed by atoms with E-state index in [0.29, 0.717) is 21.0 Å². The molecule has 2 aromatic carbocycles. The lowest BCUT2D eigenvalue weighted by Crippen LogP contribution is -1.94. The van der Waals surface area contributed by atoms with Crippen LogP contribution in [0.1, 0.15) is 11.1 Å². The molecule has 0 amide bonds. The van der Waals surface area contributed by atoms with Gasteiger partial charge in [-0.15, -0.1) is 0 Å². The first-order valence-corrected chi connectivity index (χ1v) is 7.49. The summed E-state index contributed by atoms with van der Waals surface area (Å²) in [4.78, 5) is 9.00. The number of rotatable bonds is 1. The number of hydrogen-bond donors (Lipinski definition) is 0. The number of aryl methyl sites for hydroxylation is 2. The molecule has 0 aliphatic carbocycles. The summed E-state index contributed by atoms with van der Waals surface area (Å²) < 4.78 is 0. The number of aromatic nitrogens is 2. The molecule has 0 aliphatic rings. The topological polar surface area (TPSA) is 25.8 Å². The van der Waals surface area contributed by atoms with Gasteiger partial charge in [0, 0.05) is 21.0 Å². The summed E-state index contributed by atoms with van der Waals surface area (Å²) in [7, 11) is 0. The van der Waals surface area contributed by atoms with Crippen LogP contribution >= 0.6 is 34.8 Å². The Balaban J connectivity index is 2.28. The van der Waals surface area contributed by atoms with E-state index < -0.39 is 0 Å². The Morgan fingerprint density at radius 2 is 1.57 bits per heavy atom. The van der Waals surface area contributed by atoms with E-state index in [1.54, 1.807) is 6.07 Å². The molecule has 0 fully saturated rings. The van der Waals surface area contributed by atoms with Crippen molar-refractivity contribution in [1.29, 1.82) is 0 Å². The quantitative estimate of drug-likeness (QED) is 0.519. The van der Waals surface area contributed by atoms with Crippen molar-refractivity contribution in [3.63, 3.8) is 0 Å². The average Bonchev–Trinajstić information content (AvgIpc) is 2.46. The molecule has 1 heterocycles. The van der Waals surface area contributed by atoms with Gasteiger partial charge in [-0.3, -0.25) is 0 Å². The maximum Gasteiger partial charge on any atom is 0.161 e. The molecule has 0 atom stereocenters. The zero-order chi connectivity index (χ0) is 15.1. The maximum atomic E-state index is 6.29. The smallest absolute Gasteiger partial charge is 0.161 e. The molecule has 3 rings (SSSR count). The van der Waals surface area contributed by atoms with Gasteiger partial charge in [-0.2, -0.15) is 0 Å². The molecule has 0 radical (unpaired) electrons. The van der Waals surface area contributed by atoms with Crippen molar-refractivity contribution >= 4 is 45.7 Å². The average molecular weight is 338 g/mol. The molecule has 0 N–H and O–H groups in total. The highest BCUT2D eigenvalue weighted by Crippen LogP contribution is 2.31. The number of halogens is 3. The fraction of sp³-hybridized carbons (Fsp3) is 0.125. The number of hydrogen-bond acceptors (Lipinski definition) is 2. The van der Waals surface area contributed by atoms with Gasteiger partial charge < -0.3 is 0 Å². The van der Waals surface area contributed by atoms with E-state index in [1.165, 1.54) is 0 Å². The van der Waals surface area contributed by atoms with E-state index in [9.17, 15) is 0 Å². The van der Waals surface area contributed by atoms with Crippen LogP contribution < -0.4 is 0 Å². The Morgan fingerprint density at radius 1 is 0.857 bits per heavy atom. The third-order valence-electron chi connectivity index (χ3n) is 3.43. The first kappa shape index (κ1) is 14.6. The lowest BCUT2D eigenvalue weighted by Gasteiger charge is -2.09. The van der Waals surface area contributed by atoms with Crippen LogP contribution in [-0.2, 0) is 0 Å². The molecule has 0 unspecified atom stereocenters. The first-order chi connectivity index (χ1) is 9.97. The van der Waals surface area contributed by atoms with Gasteiger partial charge in [-0.05, 0) is 55.3 Å². The van der Waals surface area contributed by atoms with Crippen molar-refractivity contribution in [3.05, 3.63) is 56.7 Å². The van der Waals surface area contributed by atoms with E-state index in [4.69, 9.17) is 34.8 Å². The minimum Gasteiger partial charge on any atom is -0.228 e. The predicted octanol–water partition coefficient (Wildman–Crippen LogP) is 5.87. The minimum absolute atomic E-state index is 0.419. The largest absolute Gasteiger partial charge is 0.228 e. The van der Waals surface area contributed by atoms with Crippen LogP contribution in [0.25, 0.3) is 22.3 Å². The van der Waals surface area contributed by atoms with Crippen molar-refractivity contribution in [2.24, 2.45) is 0 Å². The van der Waals surface area contributed by atoms with Crippen molar-refractivity contribution in [2.75, 3.05) is 0 Å². The van der Waals surface area contributed by atoms with Crippen molar-refractivity contribution in [1.82, 2.24) is 9.97 Å². The summed E-state index contributed by atoms with van der Waals surface area (Å²) >= 11 is 18.5. The Hall–Kier alpha value is -1.35. The molecule has 0 aliphatic heterocycles. The fourth-order valence-electron chi connectivity index (χ4n) is 2.18. The second kappa shape index (κ2) is 5.45. The lowest BCUT2D eigenvalue weighted by molar-refractivity contribution is 1.21. The van der Waals surface area contributed by atoms with E-state index in [2.05, 4.69) is 9.97 Å². The summed E-state index contributed by atoms with van der Waals surface area (Å²) in [5.41, 5.74) is 3.51. The zero-order valence-corrected chi connectivity index (χ0v) is 13.7. The maximum absolute atomic E-state index is 6.29. The van der Waals surface area contributed by atoms with Gasteiger partial charge in [-0.1, -0.05) is 34.8 Å². The standard InChI is InChI=1S/C16H11Cl3N2/c1-8-7-10(3-5-12(8)17)16-20-14-9(2)13(18)6-4-11(14)15(19)21-16/h3-7H,1-2H3. The van der Waals surface area contributed by atoms with Gasteiger partial charge in [0.25, 0.3) is 0 Å². The zero-order valence-electron chi connectivity index (χ0n) is 11.4. The monoisotopic (exact) mass is 336 g/mol. The highest BCUT2D eigenvalue weighted by Gasteiger charge is 2.12. The van der Waals surface area contributed by atoms with Crippen LogP contribution in [0.3, 0.4) is 0 Å². The highest BCUT2D eigenvalue weighted by molar-refractivity contribution is 6.35. The molecule has 21 heavy (non-hydrogen) atoms. The van der Waals surface area contributed by atoms with Gasteiger partial charge in [0.1, 0.15) is 5.15 Å². The van der Waals surface area contributed by atoms with Crippen LogP contribution in [0.4, 0.5) is 0 Å². The molecule has 3 aromatic rings. The summed E-state index contributed by atoms with van der Waals surface area (Å²) in [5, 5.41) is 2.59.